The van der Waals surface area contributed by atoms with E-state index in [2.05, 4.69) is 39.0 Å². The Labute approximate surface area is 115 Å². The zero-order valence-corrected chi connectivity index (χ0v) is 12.6. The molecule has 2 nitrogen and oxygen atoms in total. The van der Waals surface area contributed by atoms with Crippen molar-refractivity contribution in [3.63, 3.8) is 0 Å². The molecule has 0 aromatic heterocycles. The number of benzene rings is 1. The highest BCUT2D eigenvalue weighted by Crippen LogP contribution is 2.19. The Morgan fingerprint density at radius 2 is 2.06 bits per heavy atom. The van der Waals surface area contributed by atoms with Crippen LogP contribution >= 0.6 is 11.8 Å². The topological polar surface area (TPSA) is 35.2 Å². The van der Waals surface area contributed by atoms with E-state index in [0.29, 0.717) is 6.04 Å². The normalized spacial score (nSPS) is 12.4. The van der Waals surface area contributed by atoms with E-state index >= 15 is 0 Å². The quantitative estimate of drug-likeness (QED) is 0.732. The summed E-state index contributed by atoms with van der Waals surface area (Å²) in [6.45, 7) is 7.04. The summed E-state index contributed by atoms with van der Waals surface area (Å²) in [5.74, 6) is 3.33. The van der Waals surface area contributed by atoms with Gasteiger partial charge in [-0.15, -0.1) is 0 Å². The van der Waals surface area contributed by atoms with Crippen LogP contribution in [0.5, 0.6) is 5.75 Å². The molecule has 1 unspecified atom stereocenters. The second-order valence-electron chi connectivity index (χ2n) is 4.85. The molecule has 0 amide bonds. The van der Waals surface area contributed by atoms with Crippen molar-refractivity contribution >= 4 is 11.8 Å². The van der Waals surface area contributed by atoms with Gasteiger partial charge in [0.2, 0.25) is 0 Å². The van der Waals surface area contributed by atoms with Crippen molar-refractivity contribution in [3.05, 3.63) is 29.3 Å². The summed E-state index contributed by atoms with van der Waals surface area (Å²) in [5.41, 5.74) is 8.17. The van der Waals surface area contributed by atoms with Gasteiger partial charge in [-0.05, 0) is 62.3 Å². The molecule has 0 bridgehead atoms. The Bertz CT molecular complexity index is 352. The maximum atomic E-state index is 5.81. The summed E-state index contributed by atoms with van der Waals surface area (Å²) in [6, 6.07) is 6.66. The Kier molecular flexibility index (Phi) is 7.21. The molecule has 0 aliphatic rings. The van der Waals surface area contributed by atoms with Crippen molar-refractivity contribution in [1.82, 2.24) is 0 Å². The molecule has 0 heterocycles. The molecule has 0 spiro atoms. The van der Waals surface area contributed by atoms with E-state index in [1.807, 2.05) is 11.8 Å². The lowest BCUT2D eigenvalue weighted by Crippen LogP contribution is -2.15. The largest absolute Gasteiger partial charge is 0.493 e. The number of hydrogen-bond donors (Lipinski definition) is 1. The van der Waals surface area contributed by atoms with Gasteiger partial charge in [-0.3, -0.25) is 0 Å². The van der Waals surface area contributed by atoms with Crippen LogP contribution in [0.15, 0.2) is 18.2 Å². The maximum Gasteiger partial charge on any atom is 0.122 e. The molecule has 1 rings (SSSR count). The third-order valence-corrected chi connectivity index (χ3v) is 3.85. The molecule has 0 radical (unpaired) electrons. The molecule has 1 atom stereocenters. The van der Waals surface area contributed by atoms with E-state index in [9.17, 15) is 0 Å². The fourth-order valence-corrected chi connectivity index (χ4v) is 2.64. The van der Waals surface area contributed by atoms with Gasteiger partial charge in [0.1, 0.15) is 5.75 Å². The zero-order chi connectivity index (χ0) is 13.4. The Morgan fingerprint density at radius 3 is 2.78 bits per heavy atom. The monoisotopic (exact) mass is 267 g/mol. The van der Waals surface area contributed by atoms with Gasteiger partial charge < -0.3 is 10.5 Å². The van der Waals surface area contributed by atoms with Gasteiger partial charge in [0.05, 0.1) is 6.61 Å². The SMILES string of the molecule is Cc1ccc(C)c(OCCCSCCC(C)N)c1. The van der Waals surface area contributed by atoms with E-state index in [-0.39, 0.29) is 0 Å². The first-order valence-electron chi connectivity index (χ1n) is 6.63. The van der Waals surface area contributed by atoms with Gasteiger partial charge in [0.25, 0.3) is 0 Å². The predicted octanol–water partition coefficient (Wildman–Crippen LogP) is 3.54. The molecule has 0 fully saturated rings. The third-order valence-electron chi connectivity index (χ3n) is 2.75. The molecule has 2 N–H and O–H groups in total. The molecule has 102 valence electrons. The fraction of sp³-hybridized carbons (Fsp3) is 0.600. The third kappa shape index (κ3) is 6.31. The van der Waals surface area contributed by atoms with Crippen LogP contribution in [0.3, 0.4) is 0 Å². The first kappa shape index (κ1) is 15.4. The molecule has 0 aliphatic carbocycles. The highest BCUT2D eigenvalue weighted by atomic mass is 32.2. The number of nitrogens with two attached hydrogens (primary N) is 1. The van der Waals surface area contributed by atoms with Crippen LogP contribution < -0.4 is 10.5 Å². The van der Waals surface area contributed by atoms with E-state index in [1.54, 1.807) is 0 Å². The maximum absolute atomic E-state index is 5.81. The Hall–Kier alpha value is -0.670. The lowest BCUT2D eigenvalue weighted by Gasteiger charge is -2.10. The minimum atomic E-state index is 0.323. The van der Waals surface area contributed by atoms with Gasteiger partial charge >= 0.3 is 0 Å². The minimum absolute atomic E-state index is 0.323. The zero-order valence-electron chi connectivity index (χ0n) is 11.7. The molecular formula is C15H25NOS. The second-order valence-corrected chi connectivity index (χ2v) is 6.07. The van der Waals surface area contributed by atoms with Crippen LogP contribution in [-0.2, 0) is 0 Å². The van der Waals surface area contributed by atoms with Crippen LogP contribution in [0.4, 0.5) is 0 Å². The molecule has 18 heavy (non-hydrogen) atoms. The number of rotatable bonds is 8. The van der Waals surface area contributed by atoms with Crippen molar-refractivity contribution in [2.75, 3.05) is 18.1 Å². The van der Waals surface area contributed by atoms with Crippen molar-refractivity contribution in [3.8, 4) is 5.75 Å². The van der Waals surface area contributed by atoms with Gasteiger partial charge in [0.15, 0.2) is 0 Å². The first-order valence-corrected chi connectivity index (χ1v) is 7.78. The van der Waals surface area contributed by atoms with E-state index < -0.39 is 0 Å². The van der Waals surface area contributed by atoms with Gasteiger partial charge in [-0.2, -0.15) is 11.8 Å². The minimum Gasteiger partial charge on any atom is -0.493 e. The Balaban J connectivity index is 2.12. The summed E-state index contributed by atoms with van der Waals surface area (Å²) in [5, 5.41) is 0. The summed E-state index contributed by atoms with van der Waals surface area (Å²) >= 11 is 1.96. The molecule has 0 saturated heterocycles. The number of hydrogen-bond acceptors (Lipinski definition) is 3. The van der Waals surface area contributed by atoms with Gasteiger partial charge in [-0.25, -0.2) is 0 Å². The molecular weight excluding hydrogens is 242 g/mol. The van der Waals surface area contributed by atoms with Crippen LogP contribution in [-0.4, -0.2) is 24.2 Å². The van der Waals surface area contributed by atoms with Crippen LogP contribution in [0, 0.1) is 13.8 Å². The summed E-state index contributed by atoms with van der Waals surface area (Å²) in [6.07, 6.45) is 2.19. The van der Waals surface area contributed by atoms with Gasteiger partial charge in [-0.1, -0.05) is 12.1 Å². The van der Waals surface area contributed by atoms with Crippen molar-refractivity contribution in [2.24, 2.45) is 5.73 Å². The summed E-state index contributed by atoms with van der Waals surface area (Å²) < 4.78 is 5.81. The summed E-state index contributed by atoms with van der Waals surface area (Å²) in [7, 11) is 0. The predicted molar refractivity (Wildman–Crippen MR) is 81.6 cm³/mol. The molecule has 0 aliphatic heterocycles. The van der Waals surface area contributed by atoms with E-state index in [0.717, 1.165) is 36.7 Å². The molecule has 0 saturated carbocycles. The highest BCUT2D eigenvalue weighted by molar-refractivity contribution is 7.99. The Morgan fingerprint density at radius 1 is 1.28 bits per heavy atom. The molecule has 1 aromatic rings. The van der Waals surface area contributed by atoms with E-state index in [4.69, 9.17) is 10.5 Å². The summed E-state index contributed by atoms with van der Waals surface area (Å²) in [4.78, 5) is 0. The van der Waals surface area contributed by atoms with Gasteiger partial charge in [0, 0.05) is 6.04 Å². The number of thioether (sulfide) groups is 1. The van der Waals surface area contributed by atoms with Crippen LogP contribution in [0.25, 0.3) is 0 Å². The lowest BCUT2D eigenvalue weighted by atomic mass is 10.1. The van der Waals surface area contributed by atoms with Crippen molar-refractivity contribution in [1.29, 1.82) is 0 Å². The second kappa shape index (κ2) is 8.44. The number of aryl methyl sites for hydroxylation is 2. The molecule has 3 heteroatoms. The number of ether oxygens (including phenoxy) is 1. The average molecular weight is 267 g/mol. The van der Waals surface area contributed by atoms with Crippen molar-refractivity contribution < 1.29 is 4.74 Å². The van der Waals surface area contributed by atoms with Crippen LogP contribution in [0.2, 0.25) is 0 Å². The highest BCUT2D eigenvalue weighted by Gasteiger charge is 2.00. The molecule has 1 aromatic carbocycles. The average Bonchev–Trinajstić information content (AvgIpc) is 2.32. The van der Waals surface area contributed by atoms with Crippen LogP contribution in [0.1, 0.15) is 30.9 Å². The van der Waals surface area contributed by atoms with Crippen molar-refractivity contribution in [2.45, 2.75) is 39.7 Å². The smallest absolute Gasteiger partial charge is 0.122 e. The standard InChI is InChI=1S/C15H25NOS/c1-12-5-6-13(2)15(11-12)17-8-4-9-18-10-7-14(3)16/h5-6,11,14H,4,7-10,16H2,1-3H3. The lowest BCUT2D eigenvalue weighted by molar-refractivity contribution is 0.316. The first-order chi connectivity index (χ1) is 8.59. The van der Waals surface area contributed by atoms with E-state index in [1.165, 1.54) is 11.1 Å². The fourth-order valence-electron chi connectivity index (χ4n) is 1.58.